The first-order valence-electron chi connectivity index (χ1n) is 10.4. The molecule has 1 aromatic heterocycles. The van der Waals surface area contributed by atoms with E-state index in [1.54, 1.807) is 15.4 Å². The van der Waals surface area contributed by atoms with Crippen LogP contribution in [0.2, 0.25) is 0 Å². The van der Waals surface area contributed by atoms with Crippen LogP contribution in [0.25, 0.3) is 11.0 Å². The van der Waals surface area contributed by atoms with Gasteiger partial charge in [-0.05, 0) is 43.0 Å². The van der Waals surface area contributed by atoms with Crippen LogP contribution in [-0.2, 0) is 0 Å². The minimum atomic E-state index is -5.49. The van der Waals surface area contributed by atoms with Crippen molar-refractivity contribution in [3.63, 3.8) is 0 Å². The molecule has 0 N–H and O–H groups in total. The quantitative estimate of drug-likeness (QED) is 0.368. The van der Waals surface area contributed by atoms with Crippen LogP contribution in [0.3, 0.4) is 0 Å². The molecule has 0 aliphatic carbocycles. The van der Waals surface area contributed by atoms with Crippen LogP contribution in [-0.4, -0.2) is 79.5 Å². The van der Waals surface area contributed by atoms with Crippen LogP contribution >= 0.6 is 8.37 Å². The molecule has 3 fully saturated rings. The van der Waals surface area contributed by atoms with E-state index < -0.39 is 32.5 Å². The van der Waals surface area contributed by atoms with Crippen LogP contribution in [0.15, 0.2) is 24.3 Å². The molecule has 1 aromatic carbocycles. The molecule has 0 radical (unpaired) electrons. The Labute approximate surface area is 180 Å². The van der Waals surface area contributed by atoms with Gasteiger partial charge in [-0.25, -0.2) is 4.39 Å². The summed E-state index contributed by atoms with van der Waals surface area (Å²) in [6, 6.07) is 5.89. The molecule has 176 valence electrons. The summed E-state index contributed by atoms with van der Waals surface area (Å²) in [5.74, 6) is -15.3. The lowest BCUT2D eigenvalue weighted by molar-refractivity contribution is -0.336. The average Bonchev–Trinajstić information content (AvgIpc) is 3.54. The van der Waals surface area contributed by atoms with Gasteiger partial charge < -0.3 is 4.84 Å². The van der Waals surface area contributed by atoms with Crippen molar-refractivity contribution in [2.24, 2.45) is 0 Å². The summed E-state index contributed by atoms with van der Waals surface area (Å²) < 4.78 is 93.7. The highest BCUT2D eigenvalue weighted by Gasteiger charge is 2.88. The Balaban J connectivity index is 1.62. The molecule has 7 nitrogen and oxygen atoms in total. The van der Waals surface area contributed by atoms with Gasteiger partial charge in [0.2, 0.25) is 6.30 Å². The number of hydrogen-bond acceptors (Lipinski definition) is 6. The summed E-state index contributed by atoms with van der Waals surface area (Å²) in [7, 11) is -2.33. The lowest BCUT2D eigenvalue weighted by Crippen LogP contribution is -2.60. The molecule has 3 aliphatic rings. The van der Waals surface area contributed by atoms with Crippen LogP contribution in [0.1, 0.15) is 25.7 Å². The molecule has 0 spiro atoms. The highest BCUT2D eigenvalue weighted by molar-refractivity contribution is 7.50. The molecule has 2 atom stereocenters. The van der Waals surface area contributed by atoms with E-state index >= 15 is 8.78 Å². The molecule has 3 saturated heterocycles. The predicted octanol–water partition coefficient (Wildman–Crippen LogP) is 3.78. The minimum absolute atomic E-state index is 0.0161. The van der Waals surface area contributed by atoms with E-state index in [4.69, 9.17) is 4.84 Å². The largest absolute Gasteiger partial charge is 0.410 e. The lowest BCUT2D eigenvalue weighted by atomic mass is 10.2. The van der Waals surface area contributed by atoms with Gasteiger partial charge in [-0.2, -0.15) is 22.0 Å². The Kier molecular flexibility index (Phi) is 5.31. The van der Waals surface area contributed by atoms with Crippen molar-refractivity contribution >= 4 is 19.4 Å². The molecule has 0 amide bonds. The molecular weight excluding hydrogens is 461 g/mol. The highest BCUT2D eigenvalue weighted by Crippen LogP contribution is 2.66. The van der Waals surface area contributed by atoms with Crippen molar-refractivity contribution in [3.05, 3.63) is 24.3 Å². The van der Waals surface area contributed by atoms with E-state index in [1.165, 1.54) is 18.2 Å². The van der Waals surface area contributed by atoms with E-state index in [9.17, 15) is 17.6 Å². The minimum Gasteiger partial charge on any atom is -0.330 e. The van der Waals surface area contributed by atoms with Crippen LogP contribution in [0.5, 0.6) is 0 Å². The van der Waals surface area contributed by atoms with Gasteiger partial charge in [0.1, 0.15) is 19.4 Å². The predicted molar refractivity (Wildman–Crippen MR) is 103 cm³/mol. The molecule has 0 bridgehead atoms. The number of nitrogens with zero attached hydrogens (tertiary/aromatic N) is 6. The maximum absolute atomic E-state index is 16.3. The number of fused-ring (bicyclic) bond motifs is 1. The summed E-state index contributed by atoms with van der Waals surface area (Å²) in [5.41, 5.74) is 0.159. The first-order valence-corrected chi connectivity index (χ1v) is 11.6. The second-order valence-electron chi connectivity index (χ2n) is 8.07. The number of hydrogen-bond donors (Lipinski definition) is 0. The number of alkyl halides is 6. The number of aromatic nitrogens is 3. The van der Waals surface area contributed by atoms with Crippen molar-refractivity contribution < 1.29 is 31.2 Å². The number of para-hydroxylation sites is 1. The van der Waals surface area contributed by atoms with E-state index in [2.05, 4.69) is 10.3 Å². The van der Waals surface area contributed by atoms with Crippen LogP contribution < -0.4 is 4.84 Å². The van der Waals surface area contributed by atoms with Crippen molar-refractivity contribution in [1.29, 1.82) is 0 Å². The molecule has 3 aliphatic heterocycles. The van der Waals surface area contributed by atoms with Gasteiger partial charge in [0.05, 0.1) is 0 Å². The second-order valence-corrected chi connectivity index (χ2v) is 10.2. The topological polar surface area (TPSA) is 49.7 Å². The van der Waals surface area contributed by atoms with Crippen LogP contribution in [0, 0.1) is 0 Å². The van der Waals surface area contributed by atoms with Crippen LogP contribution in [0.4, 0.5) is 26.3 Å². The second kappa shape index (κ2) is 7.68. The van der Waals surface area contributed by atoms with Gasteiger partial charge in [0.15, 0.2) is 0 Å². The average molecular weight is 482 g/mol. The molecular formula is C18H21F6N6OP. The molecule has 5 rings (SSSR count). The Morgan fingerprint density at radius 3 is 2.06 bits per heavy atom. The Morgan fingerprint density at radius 2 is 1.47 bits per heavy atom. The summed E-state index contributed by atoms with van der Waals surface area (Å²) in [4.78, 5) is 5.17. The fraction of sp³-hybridized carbons (Fsp3) is 0.667. The Bertz CT molecular complexity index is 968. The first kappa shape index (κ1) is 22.1. The molecule has 14 heteroatoms. The monoisotopic (exact) mass is 482 g/mol. The molecule has 2 unspecified atom stereocenters. The zero-order valence-electron chi connectivity index (χ0n) is 16.9. The lowest BCUT2D eigenvalue weighted by Gasteiger charge is -2.44. The Morgan fingerprint density at radius 1 is 0.906 bits per heavy atom. The molecule has 4 heterocycles. The SMILES string of the molecule is FC1N(P(N2CCCC2)N2CCCC2)C(F)(On2nnc3ccccc32)C(F)(F)C1(F)F. The van der Waals surface area contributed by atoms with Gasteiger partial charge in [-0.15, -0.1) is 9.77 Å². The smallest absolute Gasteiger partial charge is 0.330 e. The third kappa shape index (κ3) is 3.04. The Hall–Kier alpha value is -1.69. The zero-order chi connectivity index (χ0) is 22.7. The molecule has 0 saturated carbocycles. The summed E-state index contributed by atoms with van der Waals surface area (Å²) in [6.45, 7) is 1.46. The third-order valence-corrected chi connectivity index (χ3v) is 8.66. The fourth-order valence-corrected chi connectivity index (χ4v) is 7.25. The standard InChI is InChI=1S/C18H21F6N6OP/c19-15-16(20,21)17(22,23)18(24,31-30-14-8-2-1-7-13(14)25-26-30)29(15)32(27-9-3-4-10-27)28-11-5-6-12-28/h1-2,7-8,15H,3-6,9-12H2. The number of benzene rings is 1. The van der Waals surface area contributed by atoms with Gasteiger partial charge >= 0.3 is 17.8 Å². The highest BCUT2D eigenvalue weighted by atomic mass is 31.2. The van der Waals surface area contributed by atoms with Gasteiger partial charge in [-0.3, -0.25) is 9.34 Å². The summed E-state index contributed by atoms with van der Waals surface area (Å²) >= 11 is 0. The third-order valence-electron chi connectivity index (χ3n) is 6.01. The van der Waals surface area contributed by atoms with E-state index in [0.29, 0.717) is 56.7 Å². The normalized spacial score (nSPS) is 31.3. The van der Waals surface area contributed by atoms with Gasteiger partial charge in [0, 0.05) is 26.2 Å². The fourth-order valence-electron chi connectivity index (χ4n) is 4.34. The molecule has 32 heavy (non-hydrogen) atoms. The van der Waals surface area contributed by atoms with Crippen molar-refractivity contribution in [2.45, 2.75) is 49.8 Å². The maximum atomic E-state index is 16.3. The summed E-state index contributed by atoms with van der Waals surface area (Å²) in [6.07, 6.45) is -0.878. The van der Waals surface area contributed by atoms with Crippen molar-refractivity contribution in [1.82, 2.24) is 29.2 Å². The maximum Gasteiger partial charge on any atom is 0.410 e. The first-order chi connectivity index (χ1) is 15.2. The summed E-state index contributed by atoms with van der Waals surface area (Å²) in [5, 5.41) is 7.17. The zero-order valence-corrected chi connectivity index (χ0v) is 17.7. The van der Waals surface area contributed by atoms with E-state index in [0.717, 1.165) is 0 Å². The molecule has 2 aromatic rings. The van der Waals surface area contributed by atoms with E-state index in [1.807, 2.05) is 0 Å². The van der Waals surface area contributed by atoms with Crippen molar-refractivity contribution in [2.75, 3.05) is 26.2 Å². The van der Waals surface area contributed by atoms with E-state index in [-0.39, 0.29) is 15.7 Å². The van der Waals surface area contributed by atoms with Gasteiger partial charge in [0.25, 0.3) is 0 Å². The number of rotatable bonds is 5. The van der Waals surface area contributed by atoms with Crippen molar-refractivity contribution in [3.8, 4) is 0 Å². The van der Waals surface area contributed by atoms with Gasteiger partial charge in [-0.1, -0.05) is 17.0 Å². The number of halogens is 6.